The van der Waals surface area contributed by atoms with Gasteiger partial charge in [0, 0.05) is 11.7 Å². The summed E-state index contributed by atoms with van der Waals surface area (Å²) in [6, 6.07) is 5.10. The van der Waals surface area contributed by atoms with Gasteiger partial charge in [0.15, 0.2) is 0 Å². The monoisotopic (exact) mass is 206 g/mol. The van der Waals surface area contributed by atoms with E-state index in [0.29, 0.717) is 17.4 Å². The Hall–Kier alpha value is -1.51. The van der Waals surface area contributed by atoms with Crippen molar-refractivity contribution in [3.8, 4) is 0 Å². The van der Waals surface area contributed by atoms with E-state index in [2.05, 4.69) is 17.5 Å². The molecule has 1 aliphatic carbocycles. The van der Waals surface area contributed by atoms with E-state index in [-0.39, 0.29) is 5.82 Å². The first-order valence-corrected chi connectivity index (χ1v) is 5.22. The zero-order valence-electron chi connectivity index (χ0n) is 8.54. The van der Waals surface area contributed by atoms with E-state index >= 15 is 0 Å². The van der Waals surface area contributed by atoms with E-state index in [4.69, 9.17) is 5.73 Å². The van der Waals surface area contributed by atoms with Gasteiger partial charge < -0.3 is 11.1 Å². The highest BCUT2D eigenvalue weighted by molar-refractivity contribution is 5.53. The Balaban J connectivity index is 2.06. The Morgan fingerprint density at radius 2 is 2.20 bits per heavy atom. The van der Waals surface area contributed by atoms with Crippen LogP contribution in [0, 0.1) is 5.82 Å². The first-order chi connectivity index (χ1) is 7.25. The molecule has 0 amide bonds. The van der Waals surface area contributed by atoms with Gasteiger partial charge in [0.2, 0.25) is 0 Å². The van der Waals surface area contributed by atoms with E-state index in [1.165, 1.54) is 6.07 Å². The average molecular weight is 206 g/mol. The van der Waals surface area contributed by atoms with Crippen LogP contribution >= 0.6 is 0 Å². The molecule has 0 bridgehead atoms. The van der Waals surface area contributed by atoms with Crippen LogP contribution in [0.15, 0.2) is 30.4 Å². The highest BCUT2D eigenvalue weighted by Gasteiger charge is 2.11. The number of nitrogens with two attached hydrogens (primary N) is 1. The largest absolute Gasteiger partial charge is 0.399 e. The molecular formula is C12H15FN2. The maximum absolute atomic E-state index is 13.4. The summed E-state index contributed by atoms with van der Waals surface area (Å²) in [5.74, 6) is -0.274. The number of halogens is 1. The number of nitrogens with one attached hydrogen (secondary N) is 1. The van der Waals surface area contributed by atoms with E-state index in [9.17, 15) is 4.39 Å². The molecule has 1 unspecified atom stereocenters. The number of allylic oxidation sites excluding steroid dienone is 1. The molecule has 1 aromatic carbocycles. The fourth-order valence-electron chi connectivity index (χ4n) is 1.79. The van der Waals surface area contributed by atoms with Crippen LogP contribution < -0.4 is 11.1 Å². The summed E-state index contributed by atoms with van der Waals surface area (Å²) < 4.78 is 13.4. The van der Waals surface area contributed by atoms with Crippen molar-refractivity contribution in [3.05, 3.63) is 36.2 Å². The van der Waals surface area contributed by atoms with Crippen LogP contribution in [0.2, 0.25) is 0 Å². The molecule has 3 N–H and O–H groups in total. The van der Waals surface area contributed by atoms with Crippen LogP contribution in [-0.4, -0.2) is 6.04 Å². The first kappa shape index (κ1) is 10.0. The summed E-state index contributed by atoms with van der Waals surface area (Å²) in [7, 11) is 0. The van der Waals surface area contributed by atoms with Gasteiger partial charge in [0.05, 0.1) is 5.69 Å². The number of benzene rings is 1. The minimum atomic E-state index is -0.274. The fourth-order valence-corrected chi connectivity index (χ4v) is 1.79. The van der Waals surface area contributed by atoms with Crippen molar-refractivity contribution in [3.63, 3.8) is 0 Å². The van der Waals surface area contributed by atoms with Crippen LogP contribution in [0.4, 0.5) is 15.8 Å². The molecule has 0 heterocycles. The third kappa shape index (κ3) is 2.49. The van der Waals surface area contributed by atoms with Gasteiger partial charge in [-0.15, -0.1) is 0 Å². The zero-order chi connectivity index (χ0) is 10.7. The fraction of sp³-hybridized carbons (Fsp3) is 0.333. The Bertz CT molecular complexity index is 374. The summed E-state index contributed by atoms with van der Waals surface area (Å²) in [6.45, 7) is 0. The van der Waals surface area contributed by atoms with E-state index in [0.717, 1.165) is 19.3 Å². The smallest absolute Gasteiger partial charge is 0.148 e. The predicted molar refractivity (Wildman–Crippen MR) is 61.2 cm³/mol. The molecule has 0 fully saturated rings. The normalized spacial score (nSPS) is 20.2. The third-order valence-electron chi connectivity index (χ3n) is 2.62. The number of hydrogen-bond acceptors (Lipinski definition) is 2. The van der Waals surface area contributed by atoms with Crippen LogP contribution in [0.3, 0.4) is 0 Å². The topological polar surface area (TPSA) is 38.0 Å². The van der Waals surface area contributed by atoms with Crippen LogP contribution in [-0.2, 0) is 0 Å². The van der Waals surface area contributed by atoms with Gasteiger partial charge in [0.25, 0.3) is 0 Å². The molecular weight excluding hydrogens is 191 g/mol. The zero-order valence-corrected chi connectivity index (χ0v) is 8.54. The molecule has 3 heteroatoms. The molecule has 0 saturated carbocycles. The van der Waals surface area contributed by atoms with Crippen LogP contribution in [0.25, 0.3) is 0 Å². The lowest BCUT2D eigenvalue weighted by Gasteiger charge is -2.20. The Morgan fingerprint density at radius 3 is 2.87 bits per heavy atom. The maximum atomic E-state index is 13.4. The van der Waals surface area contributed by atoms with Crippen molar-refractivity contribution in [2.24, 2.45) is 0 Å². The number of hydrogen-bond donors (Lipinski definition) is 2. The molecule has 0 aliphatic heterocycles. The Kier molecular flexibility index (Phi) is 2.90. The molecule has 0 saturated heterocycles. The highest BCUT2D eigenvalue weighted by atomic mass is 19.1. The molecule has 0 spiro atoms. The lowest BCUT2D eigenvalue weighted by Crippen LogP contribution is -2.20. The quantitative estimate of drug-likeness (QED) is 0.576. The first-order valence-electron chi connectivity index (χ1n) is 5.22. The van der Waals surface area contributed by atoms with Crippen molar-refractivity contribution in [2.45, 2.75) is 25.3 Å². The standard InChI is InChI=1S/C12H15FN2/c13-11-8-9(14)6-7-12(11)15-10-4-2-1-3-5-10/h1-2,6-8,10,15H,3-5,14H2. The van der Waals surface area contributed by atoms with Crippen molar-refractivity contribution in [2.75, 3.05) is 11.1 Å². The second kappa shape index (κ2) is 4.34. The minimum absolute atomic E-state index is 0.274. The van der Waals surface area contributed by atoms with Gasteiger partial charge in [-0.05, 0) is 37.5 Å². The summed E-state index contributed by atoms with van der Waals surface area (Å²) in [6.07, 6.45) is 7.38. The molecule has 0 radical (unpaired) electrons. The summed E-state index contributed by atoms with van der Waals surface area (Å²) in [5.41, 5.74) is 6.49. The molecule has 15 heavy (non-hydrogen) atoms. The second-order valence-corrected chi connectivity index (χ2v) is 3.87. The molecule has 2 rings (SSSR count). The lowest BCUT2D eigenvalue weighted by atomic mass is 10.0. The van der Waals surface area contributed by atoms with Crippen molar-refractivity contribution in [1.29, 1.82) is 0 Å². The second-order valence-electron chi connectivity index (χ2n) is 3.87. The van der Waals surface area contributed by atoms with E-state index in [1.807, 2.05) is 0 Å². The van der Waals surface area contributed by atoms with Crippen molar-refractivity contribution in [1.82, 2.24) is 0 Å². The predicted octanol–water partition coefficient (Wildman–Crippen LogP) is 2.93. The van der Waals surface area contributed by atoms with Gasteiger partial charge in [-0.1, -0.05) is 12.2 Å². The number of anilines is 2. The molecule has 2 nitrogen and oxygen atoms in total. The van der Waals surface area contributed by atoms with E-state index in [1.54, 1.807) is 12.1 Å². The Morgan fingerprint density at radius 1 is 1.33 bits per heavy atom. The third-order valence-corrected chi connectivity index (χ3v) is 2.62. The van der Waals surface area contributed by atoms with Crippen molar-refractivity contribution >= 4 is 11.4 Å². The Labute approximate surface area is 89.0 Å². The van der Waals surface area contributed by atoms with E-state index < -0.39 is 0 Å². The van der Waals surface area contributed by atoms with Gasteiger partial charge in [0.1, 0.15) is 5.82 Å². The van der Waals surface area contributed by atoms with Gasteiger partial charge in [-0.2, -0.15) is 0 Å². The van der Waals surface area contributed by atoms with Gasteiger partial charge in [-0.25, -0.2) is 4.39 Å². The lowest BCUT2D eigenvalue weighted by molar-refractivity contribution is 0.609. The number of nitrogen functional groups attached to an aromatic ring is 1. The molecule has 80 valence electrons. The average Bonchev–Trinajstić information content (AvgIpc) is 2.24. The van der Waals surface area contributed by atoms with Crippen LogP contribution in [0.5, 0.6) is 0 Å². The maximum Gasteiger partial charge on any atom is 0.148 e. The summed E-state index contributed by atoms with van der Waals surface area (Å²) in [5, 5.41) is 3.19. The highest BCUT2D eigenvalue weighted by Crippen LogP contribution is 2.21. The summed E-state index contributed by atoms with van der Waals surface area (Å²) >= 11 is 0. The van der Waals surface area contributed by atoms with Crippen molar-refractivity contribution < 1.29 is 4.39 Å². The summed E-state index contributed by atoms with van der Waals surface area (Å²) in [4.78, 5) is 0. The molecule has 1 aromatic rings. The molecule has 1 atom stereocenters. The van der Waals surface area contributed by atoms with Gasteiger partial charge in [-0.3, -0.25) is 0 Å². The number of rotatable bonds is 2. The van der Waals surface area contributed by atoms with Gasteiger partial charge >= 0.3 is 0 Å². The minimum Gasteiger partial charge on any atom is -0.399 e. The van der Waals surface area contributed by atoms with Crippen LogP contribution in [0.1, 0.15) is 19.3 Å². The SMILES string of the molecule is Nc1ccc(NC2CC=CCC2)c(F)c1. The molecule has 1 aliphatic rings. The molecule has 0 aromatic heterocycles.